The van der Waals surface area contributed by atoms with Gasteiger partial charge in [0.05, 0.1) is 4.90 Å². The Morgan fingerprint density at radius 2 is 1.67 bits per heavy atom. The van der Waals surface area contributed by atoms with Gasteiger partial charge in [0.25, 0.3) is 0 Å². The van der Waals surface area contributed by atoms with Crippen molar-refractivity contribution in [3.63, 3.8) is 0 Å². The third-order valence-electron chi connectivity index (χ3n) is 5.64. The van der Waals surface area contributed by atoms with Gasteiger partial charge in [0.15, 0.2) is 0 Å². The zero-order valence-electron chi connectivity index (χ0n) is 18.1. The monoisotopic (exact) mass is 466 g/mol. The second-order valence-electron chi connectivity index (χ2n) is 7.95. The van der Waals surface area contributed by atoms with Gasteiger partial charge in [-0.05, 0) is 42.5 Å². The van der Waals surface area contributed by atoms with Gasteiger partial charge in [-0.25, -0.2) is 23.2 Å². The lowest BCUT2D eigenvalue weighted by molar-refractivity contribution is 0.0697. The van der Waals surface area contributed by atoms with Crippen molar-refractivity contribution < 1.29 is 18.3 Å². The summed E-state index contributed by atoms with van der Waals surface area (Å²) in [4.78, 5) is 20.5. The standard InChI is InChI=1S/C24H26N4O4S/c29-24(30)21-17-25-22(27-23(21)26-16-19-6-2-1-3-7-19)13-10-18-8-11-20(12-9-18)33(31,32)28-14-4-5-15-28/h1-3,6-9,11-12,17H,4-5,10,13-16H2,(H,29,30)(H,25,26,27). The molecule has 3 aromatic rings. The fourth-order valence-electron chi connectivity index (χ4n) is 3.77. The van der Waals surface area contributed by atoms with Crippen LogP contribution in [0, 0.1) is 0 Å². The molecule has 2 N–H and O–H groups in total. The maximum Gasteiger partial charge on any atom is 0.341 e. The molecule has 0 unspecified atom stereocenters. The lowest BCUT2D eigenvalue weighted by Gasteiger charge is -2.15. The van der Waals surface area contributed by atoms with Gasteiger partial charge in [-0.2, -0.15) is 4.31 Å². The zero-order valence-corrected chi connectivity index (χ0v) is 19.0. The molecule has 2 heterocycles. The topological polar surface area (TPSA) is 112 Å². The van der Waals surface area contributed by atoms with Gasteiger partial charge >= 0.3 is 5.97 Å². The van der Waals surface area contributed by atoms with Crippen LogP contribution in [0.3, 0.4) is 0 Å². The molecule has 0 spiro atoms. The first-order valence-electron chi connectivity index (χ1n) is 10.9. The van der Waals surface area contributed by atoms with Crippen LogP contribution in [-0.2, 0) is 29.4 Å². The minimum atomic E-state index is -3.43. The largest absolute Gasteiger partial charge is 0.477 e. The average Bonchev–Trinajstić information content (AvgIpc) is 3.38. The first-order valence-corrected chi connectivity index (χ1v) is 12.3. The molecule has 172 valence electrons. The quantitative estimate of drug-likeness (QED) is 0.497. The molecule has 1 aliphatic rings. The van der Waals surface area contributed by atoms with Crippen molar-refractivity contribution in [2.45, 2.75) is 37.1 Å². The van der Waals surface area contributed by atoms with Crippen molar-refractivity contribution in [1.29, 1.82) is 0 Å². The van der Waals surface area contributed by atoms with Crippen molar-refractivity contribution in [1.82, 2.24) is 14.3 Å². The molecule has 0 atom stereocenters. The molecule has 2 aromatic carbocycles. The summed E-state index contributed by atoms with van der Waals surface area (Å²) in [5.74, 6) is -0.292. The first-order chi connectivity index (χ1) is 15.9. The lowest BCUT2D eigenvalue weighted by Crippen LogP contribution is -2.27. The summed E-state index contributed by atoms with van der Waals surface area (Å²) < 4.78 is 26.9. The highest BCUT2D eigenvalue weighted by Gasteiger charge is 2.26. The van der Waals surface area contributed by atoms with Gasteiger partial charge in [0.2, 0.25) is 10.0 Å². The summed E-state index contributed by atoms with van der Waals surface area (Å²) in [6.45, 7) is 1.60. The number of aromatic nitrogens is 2. The van der Waals surface area contributed by atoms with E-state index in [1.807, 2.05) is 42.5 Å². The van der Waals surface area contributed by atoms with Gasteiger partial charge in [-0.1, -0.05) is 42.5 Å². The Hall–Kier alpha value is -3.30. The van der Waals surface area contributed by atoms with Crippen molar-refractivity contribution in [2.24, 2.45) is 0 Å². The molecule has 4 rings (SSSR count). The predicted octanol–water partition coefficient (Wildman–Crippen LogP) is 3.36. The highest BCUT2D eigenvalue weighted by atomic mass is 32.2. The number of nitrogens with zero attached hydrogens (tertiary/aromatic N) is 3. The fourth-order valence-corrected chi connectivity index (χ4v) is 5.29. The second-order valence-corrected chi connectivity index (χ2v) is 9.89. The van der Waals surface area contributed by atoms with E-state index in [2.05, 4.69) is 15.3 Å². The first kappa shape index (κ1) is 22.9. The Bertz CT molecular complexity index is 1210. The number of hydrogen-bond donors (Lipinski definition) is 2. The van der Waals surface area contributed by atoms with Crippen molar-refractivity contribution in [3.8, 4) is 0 Å². The van der Waals surface area contributed by atoms with Crippen LogP contribution in [-0.4, -0.2) is 46.9 Å². The number of benzene rings is 2. The van der Waals surface area contributed by atoms with Gasteiger partial charge < -0.3 is 10.4 Å². The number of aryl methyl sites for hydroxylation is 2. The van der Waals surface area contributed by atoms with Crippen molar-refractivity contribution >= 4 is 21.8 Å². The van der Waals surface area contributed by atoms with Gasteiger partial charge in [-0.3, -0.25) is 0 Å². The Kier molecular flexibility index (Phi) is 7.00. The van der Waals surface area contributed by atoms with E-state index in [9.17, 15) is 18.3 Å². The lowest BCUT2D eigenvalue weighted by atomic mass is 10.1. The molecule has 0 saturated carbocycles. The summed E-state index contributed by atoms with van der Waals surface area (Å²) in [7, 11) is -3.43. The number of anilines is 1. The number of hydrogen-bond acceptors (Lipinski definition) is 6. The highest BCUT2D eigenvalue weighted by Crippen LogP contribution is 2.21. The molecular formula is C24H26N4O4S. The van der Waals surface area contributed by atoms with E-state index in [1.54, 1.807) is 12.1 Å². The predicted molar refractivity (Wildman–Crippen MR) is 125 cm³/mol. The normalized spacial score (nSPS) is 14.3. The summed E-state index contributed by atoms with van der Waals surface area (Å²) >= 11 is 0. The molecule has 1 aliphatic heterocycles. The third-order valence-corrected chi connectivity index (χ3v) is 7.55. The average molecular weight is 467 g/mol. The summed E-state index contributed by atoms with van der Waals surface area (Å²) in [6, 6.07) is 16.6. The van der Waals surface area contributed by atoms with E-state index in [4.69, 9.17) is 0 Å². The molecule has 0 amide bonds. The molecule has 1 aromatic heterocycles. The van der Waals surface area contributed by atoms with Crippen LogP contribution in [0.5, 0.6) is 0 Å². The van der Waals surface area contributed by atoms with Crippen LogP contribution >= 0.6 is 0 Å². The number of carbonyl (C=O) groups is 1. The van der Waals surface area contributed by atoms with Crippen molar-refractivity contribution in [2.75, 3.05) is 18.4 Å². The maximum absolute atomic E-state index is 12.7. The van der Waals surface area contributed by atoms with Crippen molar-refractivity contribution in [3.05, 3.63) is 83.3 Å². The Balaban J connectivity index is 1.43. The number of carboxylic acid groups (broad SMARTS) is 1. The van der Waals surface area contributed by atoms with Crippen LogP contribution in [0.15, 0.2) is 65.7 Å². The molecule has 0 bridgehead atoms. The Morgan fingerprint density at radius 1 is 0.970 bits per heavy atom. The van der Waals surface area contributed by atoms with Gasteiger partial charge in [0, 0.05) is 32.3 Å². The van der Waals surface area contributed by atoms with E-state index >= 15 is 0 Å². The van der Waals surface area contributed by atoms with Gasteiger partial charge in [0.1, 0.15) is 17.2 Å². The van der Waals surface area contributed by atoms with Crippen LogP contribution in [0.25, 0.3) is 0 Å². The molecule has 1 saturated heterocycles. The smallest absolute Gasteiger partial charge is 0.341 e. The van der Waals surface area contributed by atoms with Crippen LogP contribution < -0.4 is 5.32 Å². The zero-order chi connectivity index (χ0) is 23.3. The van der Waals surface area contributed by atoms with Gasteiger partial charge in [-0.15, -0.1) is 0 Å². The highest BCUT2D eigenvalue weighted by molar-refractivity contribution is 7.89. The molecule has 9 heteroatoms. The molecule has 0 radical (unpaired) electrons. The van der Waals surface area contributed by atoms with E-state index in [1.165, 1.54) is 10.5 Å². The number of rotatable bonds is 9. The molecular weight excluding hydrogens is 440 g/mol. The Labute approximate surface area is 193 Å². The second kappa shape index (κ2) is 10.1. The van der Waals surface area contributed by atoms with E-state index in [-0.39, 0.29) is 11.4 Å². The number of sulfonamides is 1. The van der Waals surface area contributed by atoms with E-state index < -0.39 is 16.0 Å². The number of nitrogens with one attached hydrogen (secondary N) is 1. The van der Waals surface area contributed by atoms with Crippen LogP contribution in [0.4, 0.5) is 5.82 Å². The summed E-state index contributed by atoms with van der Waals surface area (Å²) in [5, 5.41) is 12.6. The molecule has 8 nitrogen and oxygen atoms in total. The molecule has 0 aliphatic carbocycles. The minimum absolute atomic E-state index is 0.0196. The summed E-state index contributed by atoms with van der Waals surface area (Å²) in [5.41, 5.74) is 1.99. The maximum atomic E-state index is 12.7. The Morgan fingerprint density at radius 3 is 2.33 bits per heavy atom. The molecule has 33 heavy (non-hydrogen) atoms. The summed E-state index contributed by atoms with van der Waals surface area (Å²) in [6.07, 6.45) is 4.23. The SMILES string of the molecule is O=C(O)c1cnc(CCc2ccc(S(=O)(=O)N3CCCC3)cc2)nc1NCc1ccccc1. The van der Waals surface area contributed by atoms with E-state index in [0.717, 1.165) is 24.0 Å². The minimum Gasteiger partial charge on any atom is -0.477 e. The van der Waals surface area contributed by atoms with E-state index in [0.29, 0.717) is 43.2 Å². The number of carboxylic acids is 1. The van der Waals surface area contributed by atoms with Crippen LogP contribution in [0.1, 0.15) is 40.2 Å². The van der Waals surface area contributed by atoms with Crippen LogP contribution in [0.2, 0.25) is 0 Å². The third kappa shape index (κ3) is 5.55. The molecule has 1 fully saturated rings. The fraction of sp³-hybridized carbons (Fsp3) is 0.292. The number of aromatic carboxylic acids is 1.